The van der Waals surface area contributed by atoms with E-state index in [9.17, 15) is 9.59 Å². The standard InChI is InChI=1S/C26H28N6O2/c1-16-19-4-2-5-20(23(19)31-29-16)25(34)32-12-10-26(11-13-32)9-3-6-22(26)28-24(33)17-7-8-21-18(14-17)15-27-30-21/h2,4-5,7-8,14-15,22H,3,6,9-13H2,1H3,(H,27,30)(H,28,33)(H,29,31). The molecule has 0 bridgehead atoms. The Bertz CT molecular complexity index is 1390. The molecule has 0 radical (unpaired) electrons. The van der Waals surface area contributed by atoms with Gasteiger partial charge in [0.2, 0.25) is 0 Å². The second-order valence-electron chi connectivity index (χ2n) is 9.80. The topological polar surface area (TPSA) is 107 Å². The lowest BCUT2D eigenvalue weighted by Gasteiger charge is -2.43. The highest BCUT2D eigenvalue weighted by molar-refractivity contribution is 6.06. The number of rotatable bonds is 3. The molecule has 8 nitrogen and oxygen atoms in total. The Balaban J connectivity index is 1.16. The van der Waals surface area contributed by atoms with Crippen LogP contribution in [-0.2, 0) is 0 Å². The monoisotopic (exact) mass is 456 g/mol. The van der Waals surface area contributed by atoms with Crippen LogP contribution in [0, 0.1) is 12.3 Å². The Morgan fingerprint density at radius 3 is 2.82 bits per heavy atom. The molecule has 3 heterocycles. The molecule has 1 atom stereocenters. The van der Waals surface area contributed by atoms with Crippen LogP contribution in [0.1, 0.15) is 58.5 Å². The summed E-state index contributed by atoms with van der Waals surface area (Å²) >= 11 is 0. The minimum atomic E-state index is -0.0338. The summed E-state index contributed by atoms with van der Waals surface area (Å²) in [6.45, 7) is 3.37. The number of carbonyl (C=O) groups excluding carboxylic acids is 2. The van der Waals surface area contributed by atoms with Gasteiger partial charge in [0.15, 0.2) is 0 Å². The second kappa shape index (κ2) is 7.97. The molecular weight excluding hydrogens is 428 g/mol. The van der Waals surface area contributed by atoms with Crippen LogP contribution in [0.5, 0.6) is 0 Å². The van der Waals surface area contributed by atoms with Crippen molar-refractivity contribution in [1.82, 2.24) is 30.6 Å². The fourth-order valence-corrected chi connectivity index (χ4v) is 5.95. The number of aryl methyl sites for hydroxylation is 1. The number of benzene rings is 2. The first kappa shape index (κ1) is 20.9. The smallest absolute Gasteiger partial charge is 0.256 e. The molecule has 1 saturated carbocycles. The van der Waals surface area contributed by atoms with E-state index in [-0.39, 0.29) is 23.3 Å². The van der Waals surface area contributed by atoms with Crippen LogP contribution in [0.25, 0.3) is 21.8 Å². The Hall–Kier alpha value is -3.68. The maximum atomic E-state index is 13.4. The maximum Gasteiger partial charge on any atom is 0.256 e. The van der Waals surface area contributed by atoms with Crippen molar-refractivity contribution >= 4 is 33.6 Å². The van der Waals surface area contributed by atoms with E-state index in [1.807, 2.05) is 48.2 Å². The number of amides is 2. The zero-order valence-corrected chi connectivity index (χ0v) is 19.2. The molecule has 2 fully saturated rings. The van der Waals surface area contributed by atoms with Crippen LogP contribution in [0.2, 0.25) is 0 Å². The van der Waals surface area contributed by atoms with Gasteiger partial charge in [-0.05, 0) is 62.3 Å². The predicted molar refractivity (Wildman–Crippen MR) is 130 cm³/mol. The molecule has 8 heteroatoms. The Labute approximate surface area is 197 Å². The summed E-state index contributed by atoms with van der Waals surface area (Å²) in [5.41, 5.74) is 4.01. The third-order valence-electron chi connectivity index (χ3n) is 7.97. The van der Waals surface area contributed by atoms with E-state index >= 15 is 0 Å². The van der Waals surface area contributed by atoms with E-state index in [4.69, 9.17) is 0 Å². The fourth-order valence-electron chi connectivity index (χ4n) is 5.95. The van der Waals surface area contributed by atoms with Crippen molar-refractivity contribution in [2.24, 2.45) is 5.41 Å². The molecule has 1 saturated heterocycles. The van der Waals surface area contributed by atoms with Crippen molar-refractivity contribution in [1.29, 1.82) is 0 Å². The maximum absolute atomic E-state index is 13.4. The van der Waals surface area contributed by atoms with Crippen molar-refractivity contribution in [2.75, 3.05) is 13.1 Å². The van der Waals surface area contributed by atoms with Gasteiger partial charge in [0.05, 0.1) is 17.3 Å². The number of fused-ring (bicyclic) bond motifs is 2. The van der Waals surface area contributed by atoms with E-state index in [1.165, 1.54) is 0 Å². The average Bonchev–Trinajstić information content (AvgIpc) is 3.58. The largest absolute Gasteiger partial charge is 0.349 e. The lowest BCUT2D eigenvalue weighted by Crippen LogP contribution is -2.51. The van der Waals surface area contributed by atoms with Crippen LogP contribution < -0.4 is 5.32 Å². The van der Waals surface area contributed by atoms with Gasteiger partial charge in [-0.2, -0.15) is 10.2 Å². The van der Waals surface area contributed by atoms with Crippen LogP contribution in [0.15, 0.2) is 42.6 Å². The number of hydrogen-bond donors (Lipinski definition) is 3. The molecule has 1 spiro atoms. The number of nitrogens with zero attached hydrogens (tertiary/aromatic N) is 3. The number of aromatic amines is 2. The van der Waals surface area contributed by atoms with Crippen LogP contribution >= 0.6 is 0 Å². The van der Waals surface area contributed by atoms with Gasteiger partial charge < -0.3 is 10.2 Å². The van der Waals surface area contributed by atoms with Gasteiger partial charge in [-0.3, -0.25) is 19.8 Å². The number of H-pyrrole nitrogens is 2. The molecule has 1 aliphatic carbocycles. The van der Waals surface area contributed by atoms with Crippen molar-refractivity contribution < 1.29 is 9.59 Å². The molecule has 2 amide bonds. The van der Waals surface area contributed by atoms with E-state index in [0.29, 0.717) is 24.2 Å². The number of aromatic nitrogens is 4. The van der Waals surface area contributed by atoms with Gasteiger partial charge in [0.25, 0.3) is 11.8 Å². The Kier molecular flexibility index (Phi) is 4.90. The zero-order valence-electron chi connectivity index (χ0n) is 19.2. The molecule has 3 N–H and O–H groups in total. The molecule has 1 aliphatic heterocycles. The molecule has 4 aromatic rings. The third kappa shape index (κ3) is 3.36. The van der Waals surface area contributed by atoms with E-state index in [2.05, 4.69) is 25.7 Å². The van der Waals surface area contributed by atoms with E-state index in [0.717, 1.165) is 59.6 Å². The summed E-state index contributed by atoms with van der Waals surface area (Å²) in [7, 11) is 0. The highest BCUT2D eigenvalue weighted by Gasteiger charge is 2.46. The van der Waals surface area contributed by atoms with Crippen LogP contribution in [-0.4, -0.2) is 56.2 Å². The number of hydrogen-bond acceptors (Lipinski definition) is 4. The fraction of sp³-hybridized carbons (Fsp3) is 0.385. The molecule has 34 heavy (non-hydrogen) atoms. The Morgan fingerprint density at radius 2 is 1.97 bits per heavy atom. The summed E-state index contributed by atoms with van der Waals surface area (Å²) in [6.07, 6.45) is 6.72. The summed E-state index contributed by atoms with van der Waals surface area (Å²) in [5.74, 6) is 0.00686. The van der Waals surface area contributed by atoms with Crippen LogP contribution in [0.3, 0.4) is 0 Å². The van der Waals surface area contributed by atoms with Crippen molar-refractivity contribution in [3.8, 4) is 0 Å². The van der Waals surface area contributed by atoms with Gasteiger partial charge in [-0.25, -0.2) is 0 Å². The number of carbonyl (C=O) groups is 2. The van der Waals surface area contributed by atoms with Crippen molar-refractivity contribution in [3.63, 3.8) is 0 Å². The minimum Gasteiger partial charge on any atom is -0.349 e. The molecule has 1 unspecified atom stereocenters. The SMILES string of the molecule is Cc1[nH]nc2c(C(=O)N3CCC4(CCCC4NC(=O)c4ccc5[nH]ncc5c4)CC3)cccc12. The van der Waals surface area contributed by atoms with Gasteiger partial charge in [-0.15, -0.1) is 0 Å². The van der Waals surface area contributed by atoms with E-state index < -0.39 is 0 Å². The summed E-state index contributed by atoms with van der Waals surface area (Å²) in [6, 6.07) is 11.5. The molecule has 174 valence electrons. The molecule has 2 aromatic carbocycles. The van der Waals surface area contributed by atoms with Crippen LogP contribution in [0.4, 0.5) is 0 Å². The first-order chi connectivity index (χ1) is 16.5. The average molecular weight is 457 g/mol. The highest BCUT2D eigenvalue weighted by Crippen LogP contribution is 2.46. The van der Waals surface area contributed by atoms with Crippen molar-refractivity contribution in [3.05, 3.63) is 59.4 Å². The number of nitrogens with one attached hydrogen (secondary N) is 3. The lowest BCUT2D eigenvalue weighted by molar-refractivity contribution is 0.0510. The predicted octanol–water partition coefficient (Wildman–Crippen LogP) is 3.95. The summed E-state index contributed by atoms with van der Waals surface area (Å²) < 4.78 is 0. The quantitative estimate of drug-likeness (QED) is 0.434. The summed E-state index contributed by atoms with van der Waals surface area (Å²) in [5, 5.41) is 19.6. The first-order valence-electron chi connectivity index (χ1n) is 12.0. The first-order valence-corrected chi connectivity index (χ1v) is 12.0. The number of para-hydroxylation sites is 1. The summed E-state index contributed by atoms with van der Waals surface area (Å²) in [4.78, 5) is 28.4. The highest BCUT2D eigenvalue weighted by atomic mass is 16.2. The normalized spacial score (nSPS) is 19.8. The van der Waals surface area contributed by atoms with Gasteiger partial charge in [-0.1, -0.05) is 18.6 Å². The third-order valence-corrected chi connectivity index (χ3v) is 7.97. The molecule has 2 aromatic heterocycles. The molecule has 6 rings (SSSR count). The second-order valence-corrected chi connectivity index (χ2v) is 9.80. The Morgan fingerprint density at radius 1 is 1.12 bits per heavy atom. The van der Waals surface area contributed by atoms with Gasteiger partial charge in [0.1, 0.15) is 5.52 Å². The van der Waals surface area contributed by atoms with Gasteiger partial charge >= 0.3 is 0 Å². The van der Waals surface area contributed by atoms with E-state index in [1.54, 1.807) is 6.20 Å². The minimum absolute atomic E-state index is 0.0338. The number of likely N-dealkylation sites (tertiary alicyclic amines) is 1. The van der Waals surface area contributed by atoms with Gasteiger partial charge in [0, 0.05) is 41.2 Å². The number of piperidine rings is 1. The lowest BCUT2D eigenvalue weighted by atomic mass is 9.74. The van der Waals surface area contributed by atoms with Crippen molar-refractivity contribution in [2.45, 2.75) is 45.1 Å². The molecule has 2 aliphatic rings. The zero-order chi connectivity index (χ0) is 23.3. The molecular formula is C26H28N6O2.